The molecule has 8 aromatic carbocycles. The van der Waals surface area contributed by atoms with E-state index >= 15 is 0 Å². The highest BCUT2D eigenvalue weighted by molar-refractivity contribution is 6.18. The summed E-state index contributed by atoms with van der Waals surface area (Å²) in [4.78, 5) is 0. The summed E-state index contributed by atoms with van der Waals surface area (Å²) in [5.74, 6) is 1.67. The summed E-state index contributed by atoms with van der Waals surface area (Å²) in [5, 5.41) is 4.59. The fourth-order valence-electron chi connectivity index (χ4n) is 8.26. The quantitative estimate of drug-likeness (QED) is 0.182. The van der Waals surface area contributed by atoms with Crippen LogP contribution in [0.15, 0.2) is 206 Å². The van der Waals surface area contributed by atoms with E-state index in [0.717, 1.165) is 77.6 Å². The van der Waals surface area contributed by atoms with Crippen molar-refractivity contribution in [1.29, 1.82) is 0 Å². The van der Waals surface area contributed by atoms with Crippen molar-refractivity contribution in [2.24, 2.45) is 0 Å². The SMILES string of the molecule is C1=C(C2=CC(c3ccccc3)(c3ccccc3)Oc3ccc4ccccc4c32)c2c(ccc3ccccc23)OC1(c1ccccc1)c1ccccc1. The number of hydrogen-bond acceptors (Lipinski definition) is 2. The van der Waals surface area contributed by atoms with Crippen LogP contribution in [0.4, 0.5) is 0 Å². The van der Waals surface area contributed by atoms with Gasteiger partial charge in [0.15, 0.2) is 11.2 Å². The Hall–Kier alpha value is -6.64. The first-order valence-electron chi connectivity index (χ1n) is 17.8. The van der Waals surface area contributed by atoms with Gasteiger partial charge in [0.1, 0.15) is 11.5 Å². The van der Waals surface area contributed by atoms with Gasteiger partial charge in [-0.3, -0.25) is 0 Å². The van der Waals surface area contributed by atoms with E-state index in [1.165, 1.54) is 0 Å². The van der Waals surface area contributed by atoms with Crippen LogP contribution in [-0.4, -0.2) is 0 Å². The molecule has 0 N–H and O–H groups in total. The molecular weight excluding hydrogens is 633 g/mol. The van der Waals surface area contributed by atoms with Crippen molar-refractivity contribution in [3.05, 3.63) is 240 Å². The summed E-state index contributed by atoms with van der Waals surface area (Å²) in [6.07, 6.45) is 4.74. The zero-order chi connectivity index (χ0) is 34.5. The molecule has 0 saturated carbocycles. The van der Waals surface area contributed by atoms with Crippen LogP contribution in [0.25, 0.3) is 32.7 Å². The molecule has 0 aliphatic carbocycles. The lowest BCUT2D eigenvalue weighted by Crippen LogP contribution is -2.37. The van der Waals surface area contributed by atoms with Crippen LogP contribution < -0.4 is 9.47 Å². The van der Waals surface area contributed by atoms with Crippen LogP contribution in [0.5, 0.6) is 11.5 Å². The highest BCUT2D eigenvalue weighted by Crippen LogP contribution is 2.56. The minimum absolute atomic E-state index is 0.836. The minimum Gasteiger partial charge on any atom is -0.473 e. The maximum Gasteiger partial charge on any atom is 0.178 e. The molecule has 10 rings (SSSR count). The Morgan fingerprint density at radius 2 is 0.596 bits per heavy atom. The summed E-state index contributed by atoms with van der Waals surface area (Å²) in [6, 6.07) is 68.3. The first kappa shape index (κ1) is 30.2. The second-order valence-corrected chi connectivity index (χ2v) is 13.6. The van der Waals surface area contributed by atoms with Gasteiger partial charge in [0.2, 0.25) is 0 Å². The molecule has 8 aromatic rings. The van der Waals surface area contributed by atoms with E-state index in [2.05, 4.69) is 206 Å². The van der Waals surface area contributed by atoms with E-state index < -0.39 is 11.2 Å². The Balaban J connectivity index is 1.39. The van der Waals surface area contributed by atoms with Gasteiger partial charge in [0.05, 0.1) is 0 Å². The van der Waals surface area contributed by atoms with Gasteiger partial charge in [-0.2, -0.15) is 0 Å². The number of rotatable bonds is 5. The highest BCUT2D eigenvalue weighted by atomic mass is 16.5. The summed E-state index contributed by atoms with van der Waals surface area (Å²) in [7, 11) is 0. The molecule has 0 spiro atoms. The van der Waals surface area contributed by atoms with Crippen molar-refractivity contribution in [2.45, 2.75) is 11.2 Å². The van der Waals surface area contributed by atoms with Gasteiger partial charge in [-0.25, -0.2) is 0 Å². The lowest BCUT2D eigenvalue weighted by atomic mass is 9.74. The Labute approximate surface area is 303 Å². The molecule has 0 radical (unpaired) electrons. The standard InChI is InChI=1S/C50H34O2/c1-5-19-37(20-6-1)49(38-21-7-2-8-22-38)33-43(47-41-27-15-13-17-35(41)29-31-45(47)51-49)44-34-50(39-23-9-3-10-24-39,40-25-11-4-12-26-40)52-46-32-30-36-18-14-16-28-42(36)48(44)46/h1-34H. The zero-order valence-corrected chi connectivity index (χ0v) is 28.4. The fraction of sp³-hybridized carbons (Fsp3) is 0.0400. The number of fused-ring (bicyclic) bond motifs is 6. The molecule has 0 fully saturated rings. The van der Waals surface area contributed by atoms with Crippen molar-refractivity contribution in [3.8, 4) is 11.5 Å². The van der Waals surface area contributed by atoms with Gasteiger partial charge in [0.25, 0.3) is 0 Å². The maximum atomic E-state index is 7.38. The smallest absolute Gasteiger partial charge is 0.178 e. The summed E-state index contributed by atoms with van der Waals surface area (Å²) < 4.78 is 14.8. The van der Waals surface area contributed by atoms with Gasteiger partial charge in [-0.05, 0) is 57.0 Å². The second-order valence-electron chi connectivity index (χ2n) is 13.6. The van der Waals surface area contributed by atoms with Crippen LogP contribution in [0.2, 0.25) is 0 Å². The molecule has 0 unspecified atom stereocenters. The van der Waals surface area contributed by atoms with Gasteiger partial charge in [-0.15, -0.1) is 0 Å². The largest absolute Gasteiger partial charge is 0.473 e. The van der Waals surface area contributed by atoms with Crippen molar-refractivity contribution < 1.29 is 9.47 Å². The van der Waals surface area contributed by atoms with Crippen LogP contribution in [-0.2, 0) is 11.2 Å². The predicted octanol–water partition coefficient (Wildman–Crippen LogP) is 12.1. The van der Waals surface area contributed by atoms with Gasteiger partial charge >= 0.3 is 0 Å². The molecule has 0 saturated heterocycles. The molecule has 246 valence electrons. The minimum atomic E-state index is -0.917. The first-order chi connectivity index (χ1) is 25.7. The molecule has 0 amide bonds. The van der Waals surface area contributed by atoms with Crippen molar-refractivity contribution >= 4 is 32.7 Å². The molecule has 2 nitrogen and oxygen atoms in total. The average molecular weight is 667 g/mol. The Bertz CT molecular complexity index is 2390. The molecule has 52 heavy (non-hydrogen) atoms. The van der Waals surface area contributed by atoms with Crippen LogP contribution in [0.1, 0.15) is 33.4 Å². The maximum absolute atomic E-state index is 7.38. The first-order valence-corrected chi connectivity index (χ1v) is 17.8. The third-order valence-corrected chi connectivity index (χ3v) is 10.7. The molecule has 0 bridgehead atoms. The van der Waals surface area contributed by atoms with E-state index in [0.29, 0.717) is 0 Å². The zero-order valence-electron chi connectivity index (χ0n) is 28.4. The molecule has 2 aliphatic rings. The number of ether oxygens (including phenoxy) is 2. The molecule has 2 aliphatic heterocycles. The topological polar surface area (TPSA) is 18.5 Å². The number of hydrogen-bond donors (Lipinski definition) is 0. The Morgan fingerprint density at radius 1 is 0.288 bits per heavy atom. The van der Waals surface area contributed by atoms with Crippen LogP contribution in [0.3, 0.4) is 0 Å². The lowest BCUT2D eigenvalue weighted by molar-refractivity contribution is 0.158. The van der Waals surface area contributed by atoms with E-state index in [-0.39, 0.29) is 0 Å². The van der Waals surface area contributed by atoms with Crippen molar-refractivity contribution in [2.75, 3.05) is 0 Å². The van der Waals surface area contributed by atoms with Crippen molar-refractivity contribution in [3.63, 3.8) is 0 Å². The Morgan fingerprint density at radius 3 is 0.942 bits per heavy atom. The molecule has 2 heterocycles. The third kappa shape index (κ3) is 4.65. The normalized spacial score (nSPS) is 15.4. The van der Waals surface area contributed by atoms with Gasteiger partial charge in [-0.1, -0.05) is 182 Å². The Kier molecular flexibility index (Phi) is 6.97. The fourth-order valence-corrected chi connectivity index (χ4v) is 8.26. The third-order valence-electron chi connectivity index (χ3n) is 10.7. The monoisotopic (exact) mass is 666 g/mol. The molecule has 0 aromatic heterocycles. The number of benzene rings is 8. The number of allylic oxidation sites excluding steroid dienone is 2. The van der Waals surface area contributed by atoms with E-state index in [1.807, 2.05) is 0 Å². The average Bonchev–Trinajstić information content (AvgIpc) is 3.24. The van der Waals surface area contributed by atoms with Crippen molar-refractivity contribution in [1.82, 2.24) is 0 Å². The summed E-state index contributed by atoms with van der Waals surface area (Å²) in [5.41, 5.74) is 6.73. The summed E-state index contributed by atoms with van der Waals surface area (Å²) >= 11 is 0. The molecule has 2 heteroatoms. The molecule has 0 atom stereocenters. The van der Waals surface area contributed by atoms with Gasteiger partial charge in [0, 0.05) is 33.4 Å². The lowest BCUT2D eigenvalue weighted by Gasteiger charge is -2.42. The van der Waals surface area contributed by atoms with Crippen LogP contribution in [0, 0.1) is 0 Å². The van der Waals surface area contributed by atoms with E-state index in [9.17, 15) is 0 Å². The second kappa shape index (κ2) is 12.0. The molecular formula is C50H34O2. The summed E-state index contributed by atoms with van der Waals surface area (Å²) in [6.45, 7) is 0. The predicted molar refractivity (Wildman–Crippen MR) is 212 cm³/mol. The van der Waals surface area contributed by atoms with E-state index in [1.54, 1.807) is 0 Å². The van der Waals surface area contributed by atoms with E-state index in [4.69, 9.17) is 9.47 Å². The van der Waals surface area contributed by atoms with Gasteiger partial charge < -0.3 is 9.47 Å². The highest BCUT2D eigenvalue weighted by Gasteiger charge is 2.45. The van der Waals surface area contributed by atoms with Crippen LogP contribution >= 0.6 is 0 Å².